The van der Waals surface area contributed by atoms with Crippen LogP contribution in [0, 0.1) is 18.3 Å². The summed E-state index contributed by atoms with van der Waals surface area (Å²) in [5, 5.41) is 17.4. The number of nitrogens with one attached hydrogen (secondary N) is 1. The molecule has 2 aromatic carbocycles. The minimum absolute atomic E-state index is 0.0606. The highest BCUT2D eigenvalue weighted by Gasteiger charge is 2.61. The van der Waals surface area contributed by atoms with E-state index in [9.17, 15) is 14.9 Å². The van der Waals surface area contributed by atoms with Crippen LogP contribution in [0.1, 0.15) is 16.7 Å². The number of nitrogens with two attached hydrogens (primary N) is 1. The first kappa shape index (κ1) is 20.3. The summed E-state index contributed by atoms with van der Waals surface area (Å²) in [6, 6.07) is 16.7. The van der Waals surface area contributed by atoms with Crippen LogP contribution in [0.3, 0.4) is 0 Å². The van der Waals surface area contributed by atoms with Crippen LogP contribution in [-0.4, -0.2) is 35.7 Å². The molecule has 2 aliphatic rings. The minimum atomic E-state index is -1.63. The Labute approximate surface area is 189 Å². The molecule has 5 rings (SSSR count). The highest BCUT2D eigenvalue weighted by Crippen LogP contribution is 2.56. The Kier molecular flexibility index (Phi) is 4.46. The van der Waals surface area contributed by atoms with Crippen molar-refractivity contribution in [2.45, 2.75) is 12.3 Å². The Bertz CT molecular complexity index is 1380. The molecule has 33 heavy (non-hydrogen) atoms. The van der Waals surface area contributed by atoms with Gasteiger partial charge >= 0.3 is 5.97 Å². The molecule has 3 N–H and O–H groups in total. The average Bonchev–Trinajstić information content (AvgIpc) is 3.34. The van der Waals surface area contributed by atoms with E-state index in [4.69, 9.17) is 15.2 Å². The van der Waals surface area contributed by atoms with Crippen molar-refractivity contribution < 1.29 is 19.1 Å². The van der Waals surface area contributed by atoms with E-state index in [1.54, 1.807) is 24.3 Å². The maximum Gasteiger partial charge on any atom is 0.325 e. The van der Waals surface area contributed by atoms with Crippen molar-refractivity contribution in [1.82, 2.24) is 10.2 Å². The highest BCUT2D eigenvalue weighted by molar-refractivity contribution is 6.16. The highest BCUT2D eigenvalue weighted by atomic mass is 16.5. The lowest BCUT2D eigenvalue weighted by atomic mass is 9.68. The maximum absolute atomic E-state index is 14.2. The fourth-order valence-electron chi connectivity index (χ4n) is 4.57. The Balaban J connectivity index is 1.85. The number of aromatic nitrogens is 2. The van der Waals surface area contributed by atoms with Crippen molar-refractivity contribution in [2.75, 3.05) is 18.6 Å². The number of ether oxygens (including phenoxy) is 2. The van der Waals surface area contributed by atoms with Crippen molar-refractivity contribution in [3.63, 3.8) is 0 Å². The number of carbonyl (C=O) groups excluding carboxylic acids is 2. The van der Waals surface area contributed by atoms with Crippen LogP contribution < -0.4 is 15.4 Å². The van der Waals surface area contributed by atoms with Gasteiger partial charge in [-0.3, -0.25) is 19.6 Å². The van der Waals surface area contributed by atoms with Crippen LogP contribution >= 0.6 is 0 Å². The van der Waals surface area contributed by atoms with Gasteiger partial charge in [-0.15, -0.1) is 5.10 Å². The van der Waals surface area contributed by atoms with Gasteiger partial charge in [0.2, 0.25) is 17.7 Å². The summed E-state index contributed by atoms with van der Waals surface area (Å²) in [6.45, 7) is 1.65. The van der Waals surface area contributed by atoms with E-state index in [0.29, 0.717) is 22.5 Å². The zero-order valence-electron chi connectivity index (χ0n) is 17.9. The van der Waals surface area contributed by atoms with Crippen LogP contribution in [0.4, 0.5) is 5.69 Å². The third kappa shape index (κ3) is 2.67. The van der Waals surface area contributed by atoms with Crippen LogP contribution in [0.15, 0.2) is 60.0 Å². The summed E-state index contributed by atoms with van der Waals surface area (Å²) in [5.41, 5.74) is 8.15. The molecule has 0 bridgehead atoms. The number of fused-ring (bicyclic) bond motifs is 4. The molecule has 2 aliphatic heterocycles. The number of hydrogen-bond acceptors (Lipinski definition) is 7. The van der Waals surface area contributed by atoms with Crippen LogP contribution in [-0.2, 0) is 19.7 Å². The molecule has 0 aliphatic carbocycles. The molecule has 0 saturated heterocycles. The van der Waals surface area contributed by atoms with Crippen LogP contribution in [0.5, 0.6) is 5.88 Å². The summed E-state index contributed by atoms with van der Waals surface area (Å²) >= 11 is 0. The number of benzene rings is 2. The molecule has 1 spiro atoms. The smallest absolute Gasteiger partial charge is 0.325 e. The first-order valence-corrected chi connectivity index (χ1v) is 10.2. The van der Waals surface area contributed by atoms with Crippen molar-refractivity contribution in [3.8, 4) is 23.2 Å². The van der Waals surface area contributed by atoms with Gasteiger partial charge in [0, 0.05) is 16.8 Å². The number of nitrogens with zero attached hydrogens (tertiary/aromatic N) is 3. The number of aromatic amines is 1. The number of methoxy groups -OCH3 is 1. The first-order valence-electron chi connectivity index (χ1n) is 10.2. The molecule has 9 nitrogen and oxygen atoms in total. The van der Waals surface area contributed by atoms with Crippen molar-refractivity contribution in [1.29, 1.82) is 5.26 Å². The second-order valence-electron chi connectivity index (χ2n) is 7.83. The molecular weight excluding hydrogens is 422 g/mol. The second kappa shape index (κ2) is 7.24. The third-order valence-corrected chi connectivity index (χ3v) is 6.07. The van der Waals surface area contributed by atoms with Gasteiger partial charge in [-0.05, 0) is 13.0 Å². The zero-order valence-corrected chi connectivity index (χ0v) is 17.9. The molecule has 3 aromatic rings. The van der Waals surface area contributed by atoms with Gasteiger partial charge in [0.05, 0.1) is 18.4 Å². The molecule has 9 heteroatoms. The molecular formula is C24H19N5O4. The first-order chi connectivity index (χ1) is 15.9. The van der Waals surface area contributed by atoms with Gasteiger partial charge in [-0.25, -0.2) is 0 Å². The molecule has 1 amide bonds. The summed E-state index contributed by atoms with van der Waals surface area (Å²) in [7, 11) is 1.25. The predicted octanol–water partition coefficient (Wildman–Crippen LogP) is 2.28. The SMILES string of the molecule is COC(=O)CN1C(=O)[C@]2(C(C#N)=C(N)Oc3n[nH]c(-c4ccc(C)cc4)c32)c2ccccc21. The van der Waals surface area contributed by atoms with Crippen LogP contribution in [0.25, 0.3) is 11.3 Å². The van der Waals surface area contributed by atoms with Crippen LogP contribution in [0.2, 0.25) is 0 Å². The fraction of sp³-hybridized carbons (Fsp3) is 0.167. The maximum atomic E-state index is 14.2. The standard InChI is InChI=1S/C24H19N5O4/c1-13-7-9-14(10-8-13)20-19-22(28-27-20)33-21(26)16(11-25)24(19)15-5-3-4-6-17(15)29(23(24)31)12-18(30)32-2/h3-10H,12,26H2,1-2H3,(H,27,28)/t24-/m0/s1. The molecule has 3 heterocycles. The Morgan fingerprint density at radius 3 is 2.70 bits per heavy atom. The van der Waals surface area contributed by atoms with Gasteiger partial charge in [-0.1, -0.05) is 48.0 Å². The summed E-state index contributed by atoms with van der Waals surface area (Å²) in [6.07, 6.45) is 0. The Morgan fingerprint density at radius 1 is 1.27 bits per heavy atom. The van der Waals surface area contributed by atoms with Crippen molar-refractivity contribution >= 4 is 17.6 Å². The number of rotatable bonds is 3. The Hall–Kier alpha value is -4.58. The third-order valence-electron chi connectivity index (χ3n) is 6.07. The van der Waals surface area contributed by atoms with Crippen molar-refractivity contribution in [2.24, 2.45) is 5.73 Å². The van der Waals surface area contributed by atoms with E-state index in [1.807, 2.05) is 31.2 Å². The number of carbonyl (C=O) groups is 2. The number of nitriles is 1. The predicted molar refractivity (Wildman–Crippen MR) is 118 cm³/mol. The molecule has 1 atom stereocenters. The van der Waals surface area contributed by atoms with E-state index >= 15 is 0 Å². The lowest BCUT2D eigenvalue weighted by molar-refractivity contribution is -0.140. The largest absolute Gasteiger partial charge is 0.468 e. The fourth-order valence-corrected chi connectivity index (χ4v) is 4.57. The second-order valence-corrected chi connectivity index (χ2v) is 7.83. The topological polar surface area (TPSA) is 134 Å². The number of para-hydroxylation sites is 1. The molecule has 1 aromatic heterocycles. The van der Waals surface area contributed by atoms with E-state index in [2.05, 4.69) is 16.3 Å². The number of H-pyrrole nitrogens is 1. The lowest BCUT2D eigenvalue weighted by Gasteiger charge is -2.32. The van der Waals surface area contributed by atoms with E-state index in [-0.39, 0.29) is 23.9 Å². The average molecular weight is 441 g/mol. The minimum Gasteiger partial charge on any atom is -0.468 e. The summed E-state index contributed by atoms with van der Waals surface area (Å²) in [4.78, 5) is 27.7. The molecule has 0 radical (unpaired) electrons. The normalized spacial score (nSPS) is 18.6. The van der Waals surface area contributed by atoms with Crippen molar-refractivity contribution in [3.05, 3.63) is 76.7 Å². The number of amides is 1. The summed E-state index contributed by atoms with van der Waals surface area (Å²) in [5.74, 6) is -1.21. The number of anilines is 1. The van der Waals surface area contributed by atoms with Gasteiger partial charge < -0.3 is 15.2 Å². The monoisotopic (exact) mass is 441 g/mol. The van der Waals surface area contributed by atoms with E-state index < -0.39 is 17.3 Å². The molecule has 0 unspecified atom stereocenters. The van der Waals surface area contributed by atoms with Gasteiger partial charge in [0.1, 0.15) is 23.6 Å². The quantitative estimate of drug-likeness (QED) is 0.596. The zero-order chi connectivity index (χ0) is 23.3. The molecule has 0 fully saturated rings. The van der Waals surface area contributed by atoms with Gasteiger partial charge in [-0.2, -0.15) is 5.26 Å². The summed E-state index contributed by atoms with van der Waals surface area (Å²) < 4.78 is 10.5. The number of esters is 1. The Morgan fingerprint density at radius 2 is 2.00 bits per heavy atom. The molecule has 164 valence electrons. The lowest BCUT2D eigenvalue weighted by Crippen LogP contribution is -2.47. The molecule has 0 saturated carbocycles. The van der Waals surface area contributed by atoms with Gasteiger partial charge in [0.15, 0.2) is 0 Å². The van der Waals surface area contributed by atoms with E-state index in [1.165, 1.54) is 12.0 Å². The number of hydrogen-bond donors (Lipinski definition) is 2. The number of aryl methyl sites for hydroxylation is 1. The van der Waals surface area contributed by atoms with E-state index in [0.717, 1.165) is 11.1 Å². The van der Waals surface area contributed by atoms with Gasteiger partial charge in [0.25, 0.3) is 0 Å².